The lowest BCUT2D eigenvalue weighted by Gasteiger charge is -2.21. The highest BCUT2D eigenvalue weighted by molar-refractivity contribution is 9.10. The van der Waals surface area contributed by atoms with E-state index in [-0.39, 0.29) is 5.54 Å². The molecule has 1 heterocycles. The second-order valence-corrected chi connectivity index (χ2v) is 7.17. The van der Waals surface area contributed by atoms with Gasteiger partial charge in [0.25, 0.3) is 0 Å². The molecule has 1 aromatic heterocycles. The minimum absolute atomic E-state index is 0.0809. The third-order valence-electron chi connectivity index (χ3n) is 2.64. The highest BCUT2D eigenvalue weighted by atomic mass is 79.9. The monoisotopic (exact) mass is 328 g/mol. The molecule has 0 saturated heterocycles. The lowest BCUT2D eigenvalue weighted by atomic mass is 10.1. The summed E-state index contributed by atoms with van der Waals surface area (Å²) in [5.74, 6) is 1.38. The second kappa shape index (κ2) is 7.25. The van der Waals surface area contributed by atoms with E-state index in [0.29, 0.717) is 5.92 Å². The van der Waals surface area contributed by atoms with Crippen LogP contribution in [0.5, 0.6) is 5.88 Å². The van der Waals surface area contributed by atoms with Crippen LogP contribution in [0, 0.1) is 5.92 Å². The Morgan fingerprint density at radius 3 is 2.63 bits per heavy atom. The van der Waals surface area contributed by atoms with Gasteiger partial charge in [0.1, 0.15) is 0 Å². The van der Waals surface area contributed by atoms with Gasteiger partial charge in [0.2, 0.25) is 5.88 Å². The van der Waals surface area contributed by atoms with Gasteiger partial charge in [0, 0.05) is 28.3 Å². The number of ether oxygens (including phenoxy) is 1. The lowest BCUT2D eigenvalue weighted by Crippen LogP contribution is -2.35. The van der Waals surface area contributed by atoms with Gasteiger partial charge in [-0.15, -0.1) is 0 Å². The van der Waals surface area contributed by atoms with Crippen molar-refractivity contribution in [3.63, 3.8) is 0 Å². The second-order valence-electron chi connectivity index (χ2n) is 6.25. The van der Waals surface area contributed by atoms with Crippen LogP contribution in [0.3, 0.4) is 0 Å². The maximum atomic E-state index is 5.80. The van der Waals surface area contributed by atoms with E-state index in [1.54, 1.807) is 6.20 Å². The number of halogens is 1. The molecule has 19 heavy (non-hydrogen) atoms. The van der Waals surface area contributed by atoms with Gasteiger partial charge in [-0.3, -0.25) is 0 Å². The zero-order chi connectivity index (χ0) is 14.5. The first-order valence-corrected chi connectivity index (χ1v) is 7.59. The van der Waals surface area contributed by atoms with Crippen LogP contribution >= 0.6 is 15.9 Å². The molecule has 108 valence electrons. The molecule has 1 N–H and O–H groups in total. The lowest BCUT2D eigenvalue weighted by molar-refractivity contribution is 0.274. The Morgan fingerprint density at radius 2 is 2.05 bits per heavy atom. The summed E-state index contributed by atoms with van der Waals surface area (Å²) in [6.07, 6.45) is 2.83. The van der Waals surface area contributed by atoms with Crippen molar-refractivity contribution in [2.75, 3.05) is 6.61 Å². The molecule has 0 aliphatic heterocycles. The Kier molecular flexibility index (Phi) is 6.27. The van der Waals surface area contributed by atoms with Crippen molar-refractivity contribution < 1.29 is 4.74 Å². The average molecular weight is 329 g/mol. The van der Waals surface area contributed by atoms with Gasteiger partial charge in [0.05, 0.1) is 6.61 Å². The van der Waals surface area contributed by atoms with Crippen LogP contribution in [-0.4, -0.2) is 17.1 Å². The van der Waals surface area contributed by atoms with Crippen molar-refractivity contribution in [1.29, 1.82) is 0 Å². The normalized spacial score (nSPS) is 11.9. The highest BCUT2D eigenvalue weighted by Gasteiger charge is 2.12. The van der Waals surface area contributed by atoms with Crippen molar-refractivity contribution in [2.45, 2.75) is 53.1 Å². The molecule has 0 unspecified atom stereocenters. The summed E-state index contributed by atoms with van der Waals surface area (Å²) in [6, 6.07) is 2.07. The van der Waals surface area contributed by atoms with E-state index in [2.05, 4.69) is 66.9 Å². The molecule has 0 amide bonds. The van der Waals surface area contributed by atoms with Crippen LogP contribution < -0.4 is 10.1 Å². The Balaban J connectivity index is 2.68. The Hall–Kier alpha value is -0.610. The van der Waals surface area contributed by atoms with Gasteiger partial charge < -0.3 is 10.1 Å². The number of rotatable bonds is 6. The summed E-state index contributed by atoms with van der Waals surface area (Å²) < 4.78 is 6.78. The van der Waals surface area contributed by atoms with Crippen molar-refractivity contribution >= 4 is 15.9 Å². The van der Waals surface area contributed by atoms with Crippen LogP contribution in [0.2, 0.25) is 0 Å². The fourth-order valence-electron chi connectivity index (χ4n) is 1.48. The first kappa shape index (κ1) is 16.4. The zero-order valence-electron chi connectivity index (χ0n) is 12.6. The summed E-state index contributed by atoms with van der Waals surface area (Å²) in [6.45, 7) is 12.3. The van der Waals surface area contributed by atoms with Crippen molar-refractivity contribution in [3.05, 3.63) is 22.3 Å². The van der Waals surface area contributed by atoms with E-state index in [4.69, 9.17) is 4.74 Å². The summed E-state index contributed by atoms with van der Waals surface area (Å²) >= 11 is 3.46. The number of pyridine rings is 1. The van der Waals surface area contributed by atoms with E-state index >= 15 is 0 Å². The standard InChI is InChI=1S/C15H25BrN2O/c1-11(2)6-7-19-14-12(8-13(16)10-17-14)9-18-15(3,4)5/h8,10-11,18H,6-7,9H2,1-5H3. The molecule has 4 heteroatoms. The molecular weight excluding hydrogens is 304 g/mol. The molecule has 3 nitrogen and oxygen atoms in total. The zero-order valence-corrected chi connectivity index (χ0v) is 14.2. The van der Waals surface area contributed by atoms with Gasteiger partial charge >= 0.3 is 0 Å². The van der Waals surface area contributed by atoms with E-state index in [9.17, 15) is 0 Å². The summed E-state index contributed by atoms with van der Waals surface area (Å²) in [7, 11) is 0. The third-order valence-corrected chi connectivity index (χ3v) is 3.07. The summed E-state index contributed by atoms with van der Waals surface area (Å²) in [5, 5.41) is 3.46. The molecule has 0 aliphatic rings. The van der Waals surface area contributed by atoms with Crippen molar-refractivity contribution in [3.8, 4) is 5.88 Å². The first-order valence-electron chi connectivity index (χ1n) is 6.80. The van der Waals surface area contributed by atoms with Crippen molar-refractivity contribution in [1.82, 2.24) is 10.3 Å². The molecule has 1 aromatic rings. The minimum atomic E-state index is 0.0809. The van der Waals surface area contributed by atoms with Gasteiger partial charge in [0.15, 0.2) is 0 Å². The number of nitrogens with zero attached hydrogens (tertiary/aromatic N) is 1. The Morgan fingerprint density at radius 1 is 1.37 bits per heavy atom. The van der Waals surface area contributed by atoms with E-state index in [1.165, 1.54) is 0 Å². The number of nitrogens with one attached hydrogen (secondary N) is 1. The maximum Gasteiger partial charge on any atom is 0.217 e. The SMILES string of the molecule is CC(C)CCOc1ncc(Br)cc1CNC(C)(C)C. The predicted molar refractivity (Wildman–Crippen MR) is 83.5 cm³/mol. The predicted octanol–water partition coefficient (Wildman–Crippen LogP) is 4.16. The summed E-state index contributed by atoms with van der Waals surface area (Å²) in [5.41, 5.74) is 1.17. The molecule has 1 rings (SSSR count). The smallest absolute Gasteiger partial charge is 0.217 e. The molecule has 0 aliphatic carbocycles. The number of hydrogen-bond acceptors (Lipinski definition) is 3. The Labute approximate surface area is 125 Å². The Bertz CT molecular complexity index is 400. The van der Waals surface area contributed by atoms with E-state index in [0.717, 1.165) is 35.5 Å². The largest absolute Gasteiger partial charge is 0.477 e. The maximum absolute atomic E-state index is 5.80. The van der Waals surface area contributed by atoms with Crippen LogP contribution in [0.15, 0.2) is 16.7 Å². The molecule has 0 spiro atoms. The number of hydrogen-bond donors (Lipinski definition) is 1. The van der Waals surface area contributed by atoms with Gasteiger partial charge in [-0.25, -0.2) is 4.98 Å². The highest BCUT2D eigenvalue weighted by Crippen LogP contribution is 2.21. The van der Waals surface area contributed by atoms with Crippen LogP contribution in [-0.2, 0) is 6.54 Å². The molecule has 0 atom stereocenters. The molecule has 0 fully saturated rings. The van der Waals surface area contributed by atoms with Gasteiger partial charge in [-0.1, -0.05) is 13.8 Å². The quantitative estimate of drug-likeness (QED) is 0.851. The first-order chi connectivity index (χ1) is 8.78. The summed E-state index contributed by atoms with van der Waals surface area (Å²) in [4.78, 5) is 4.37. The average Bonchev–Trinajstić information content (AvgIpc) is 2.27. The molecule has 0 bridgehead atoms. The third kappa shape index (κ3) is 6.92. The van der Waals surface area contributed by atoms with Crippen LogP contribution in [0.1, 0.15) is 46.6 Å². The molecular formula is C15H25BrN2O. The van der Waals surface area contributed by atoms with Crippen molar-refractivity contribution in [2.24, 2.45) is 5.92 Å². The van der Waals surface area contributed by atoms with Gasteiger partial charge in [-0.2, -0.15) is 0 Å². The molecule has 0 saturated carbocycles. The van der Waals surface area contributed by atoms with Gasteiger partial charge in [-0.05, 0) is 55.1 Å². The van der Waals surface area contributed by atoms with Crippen LogP contribution in [0.4, 0.5) is 0 Å². The fourth-order valence-corrected chi connectivity index (χ4v) is 1.86. The molecule has 0 aromatic carbocycles. The van der Waals surface area contributed by atoms with Crippen LogP contribution in [0.25, 0.3) is 0 Å². The fraction of sp³-hybridized carbons (Fsp3) is 0.667. The number of aromatic nitrogens is 1. The topological polar surface area (TPSA) is 34.1 Å². The molecule has 0 radical (unpaired) electrons. The minimum Gasteiger partial charge on any atom is -0.477 e. The van der Waals surface area contributed by atoms with E-state index < -0.39 is 0 Å². The van der Waals surface area contributed by atoms with E-state index in [1.807, 2.05) is 0 Å².